The predicted molar refractivity (Wildman–Crippen MR) is 71.8 cm³/mol. The summed E-state index contributed by atoms with van der Waals surface area (Å²) in [5.41, 5.74) is 0. The first-order valence-corrected chi connectivity index (χ1v) is 7.00. The minimum Gasteiger partial charge on any atom is -0.342 e. The highest BCUT2D eigenvalue weighted by atomic mass is 16.2. The maximum Gasteiger partial charge on any atom is 0.226 e. The van der Waals surface area contributed by atoms with Crippen LogP contribution in [0.3, 0.4) is 0 Å². The van der Waals surface area contributed by atoms with Crippen molar-refractivity contribution in [3.8, 4) is 0 Å². The van der Waals surface area contributed by atoms with E-state index in [1.165, 1.54) is 0 Å². The fourth-order valence-electron chi connectivity index (χ4n) is 2.46. The second-order valence-corrected chi connectivity index (χ2v) is 6.07. The van der Waals surface area contributed by atoms with Gasteiger partial charge in [-0.2, -0.15) is 0 Å². The van der Waals surface area contributed by atoms with Crippen LogP contribution >= 0.6 is 0 Å². The van der Waals surface area contributed by atoms with Crippen LogP contribution in [0.2, 0.25) is 0 Å². The Kier molecular flexibility index (Phi) is 5.96. The first-order chi connectivity index (χ1) is 8.00. The Morgan fingerprint density at radius 1 is 1.24 bits per heavy atom. The average molecular weight is 240 g/mol. The third-order valence-corrected chi connectivity index (χ3v) is 3.13. The SMILES string of the molecule is CC(C)CN(CC(C)C)C(=O)[C@H]1CCCNC1. The van der Waals surface area contributed by atoms with Crippen LogP contribution in [-0.2, 0) is 4.79 Å². The zero-order valence-electron chi connectivity index (χ0n) is 11.8. The minimum absolute atomic E-state index is 0.209. The van der Waals surface area contributed by atoms with E-state index in [0.717, 1.165) is 39.0 Å². The van der Waals surface area contributed by atoms with E-state index in [1.54, 1.807) is 0 Å². The molecule has 100 valence electrons. The van der Waals surface area contributed by atoms with E-state index in [1.807, 2.05) is 0 Å². The molecular weight excluding hydrogens is 212 g/mol. The van der Waals surface area contributed by atoms with Gasteiger partial charge in [0.15, 0.2) is 0 Å². The van der Waals surface area contributed by atoms with Gasteiger partial charge in [-0.05, 0) is 31.2 Å². The maximum atomic E-state index is 12.5. The predicted octanol–water partition coefficient (Wildman–Crippen LogP) is 2.13. The van der Waals surface area contributed by atoms with Crippen molar-refractivity contribution in [2.75, 3.05) is 26.2 Å². The van der Waals surface area contributed by atoms with Crippen molar-refractivity contribution in [1.29, 1.82) is 0 Å². The molecular formula is C14H28N2O. The molecule has 1 fully saturated rings. The fraction of sp³-hybridized carbons (Fsp3) is 0.929. The molecule has 1 heterocycles. The van der Waals surface area contributed by atoms with Gasteiger partial charge in [-0.25, -0.2) is 0 Å². The Morgan fingerprint density at radius 2 is 1.82 bits per heavy atom. The van der Waals surface area contributed by atoms with Crippen molar-refractivity contribution in [3.05, 3.63) is 0 Å². The number of nitrogens with one attached hydrogen (secondary N) is 1. The van der Waals surface area contributed by atoms with Crippen molar-refractivity contribution in [2.24, 2.45) is 17.8 Å². The van der Waals surface area contributed by atoms with Crippen molar-refractivity contribution >= 4 is 5.91 Å². The van der Waals surface area contributed by atoms with E-state index in [0.29, 0.717) is 17.7 Å². The van der Waals surface area contributed by atoms with Gasteiger partial charge in [0.1, 0.15) is 0 Å². The zero-order valence-corrected chi connectivity index (χ0v) is 11.8. The van der Waals surface area contributed by atoms with Crippen molar-refractivity contribution in [2.45, 2.75) is 40.5 Å². The lowest BCUT2D eigenvalue weighted by Gasteiger charge is -2.32. The molecule has 0 aromatic rings. The Hall–Kier alpha value is -0.570. The first kappa shape index (κ1) is 14.5. The second kappa shape index (κ2) is 7.00. The molecule has 0 aromatic carbocycles. The summed E-state index contributed by atoms with van der Waals surface area (Å²) in [4.78, 5) is 14.5. The molecule has 17 heavy (non-hydrogen) atoms. The monoisotopic (exact) mass is 240 g/mol. The van der Waals surface area contributed by atoms with Gasteiger partial charge in [-0.15, -0.1) is 0 Å². The lowest BCUT2D eigenvalue weighted by Crippen LogP contribution is -2.45. The molecule has 0 aliphatic carbocycles. The van der Waals surface area contributed by atoms with Gasteiger partial charge in [-0.1, -0.05) is 27.7 Å². The van der Waals surface area contributed by atoms with E-state index < -0.39 is 0 Å². The normalized spacial score (nSPS) is 20.9. The zero-order chi connectivity index (χ0) is 12.8. The molecule has 1 rings (SSSR count). The van der Waals surface area contributed by atoms with Crippen LogP contribution in [0.15, 0.2) is 0 Å². The molecule has 0 spiro atoms. The van der Waals surface area contributed by atoms with Crippen LogP contribution < -0.4 is 5.32 Å². The highest BCUT2D eigenvalue weighted by Crippen LogP contribution is 2.15. The Morgan fingerprint density at radius 3 is 2.24 bits per heavy atom. The summed E-state index contributed by atoms with van der Waals surface area (Å²) < 4.78 is 0. The Bertz CT molecular complexity index is 222. The van der Waals surface area contributed by atoms with Gasteiger partial charge in [0.25, 0.3) is 0 Å². The van der Waals surface area contributed by atoms with Crippen LogP contribution in [-0.4, -0.2) is 37.0 Å². The highest BCUT2D eigenvalue weighted by Gasteiger charge is 2.26. The van der Waals surface area contributed by atoms with Gasteiger partial charge in [0, 0.05) is 19.6 Å². The van der Waals surface area contributed by atoms with E-state index in [9.17, 15) is 4.79 Å². The Labute approximate surface area is 106 Å². The van der Waals surface area contributed by atoms with Crippen molar-refractivity contribution in [3.63, 3.8) is 0 Å². The van der Waals surface area contributed by atoms with Gasteiger partial charge < -0.3 is 10.2 Å². The highest BCUT2D eigenvalue weighted by molar-refractivity contribution is 5.79. The van der Waals surface area contributed by atoms with Crippen LogP contribution in [0, 0.1) is 17.8 Å². The molecule has 0 radical (unpaired) electrons. The van der Waals surface area contributed by atoms with E-state index in [-0.39, 0.29) is 5.92 Å². The molecule has 1 amide bonds. The molecule has 1 N–H and O–H groups in total. The number of piperidine rings is 1. The van der Waals surface area contributed by atoms with Crippen molar-refractivity contribution < 1.29 is 4.79 Å². The standard InChI is InChI=1S/C14H28N2O/c1-11(2)9-16(10-12(3)4)14(17)13-6-5-7-15-8-13/h11-13,15H,5-10H2,1-4H3/t13-/m0/s1. The summed E-state index contributed by atoms with van der Waals surface area (Å²) in [5.74, 6) is 1.67. The summed E-state index contributed by atoms with van der Waals surface area (Å²) >= 11 is 0. The number of carbonyl (C=O) groups excluding carboxylic acids is 1. The molecule has 1 aliphatic heterocycles. The van der Waals surface area contributed by atoms with Gasteiger partial charge in [0.05, 0.1) is 5.92 Å². The molecule has 3 nitrogen and oxygen atoms in total. The lowest BCUT2D eigenvalue weighted by atomic mass is 9.97. The second-order valence-electron chi connectivity index (χ2n) is 6.07. The number of hydrogen-bond acceptors (Lipinski definition) is 2. The fourth-order valence-corrected chi connectivity index (χ4v) is 2.46. The minimum atomic E-state index is 0.209. The van der Waals surface area contributed by atoms with E-state index in [2.05, 4.69) is 37.9 Å². The summed E-state index contributed by atoms with van der Waals surface area (Å²) in [7, 11) is 0. The Balaban J connectivity index is 2.56. The third-order valence-electron chi connectivity index (χ3n) is 3.13. The van der Waals surface area contributed by atoms with Crippen LogP contribution in [0.25, 0.3) is 0 Å². The number of rotatable bonds is 5. The van der Waals surface area contributed by atoms with E-state index in [4.69, 9.17) is 0 Å². The van der Waals surface area contributed by atoms with Gasteiger partial charge >= 0.3 is 0 Å². The molecule has 1 saturated heterocycles. The summed E-state index contributed by atoms with van der Waals surface area (Å²) in [6, 6.07) is 0. The molecule has 0 aromatic heterocycles. The number of amides is 1. The van der Waals surface area contributed by atoms with Crippen LogP contribution in [0.5, 0.6) is 0 Å². The van der Waals surface area contributed by atoms with Crippen LogP contribution in [0.1, 0.15) is 40.5 Å². The summed E-state index contributed by atoms with van der Waals surface area (Å²) in [5, 5.41) is 3.33. The van der Waals surface area contributed by atoms with Gasteiger partial charge in [-0.3, -0.25) is 4.79 Å². The molecule has 1 aliphatic rings. The first-order valence-electron chi connectivity index (χ1n) is 7.00. The molecule has 0 bridgehead atoms. The maximum absolute atomic E-state index is 12.5. The topological polar surface area (TPSA) is 32.3 Å². The average Bonchev–Trinajstić information content (AvgIpc) is 2.27. The van der Waals surface area contributed by atoms with Crippen LogP contribution in [0.4, 0.5) is 0 Å². The lowest BCUT2D eigenvalue weighted by molar-refractivity contribution is -0.137. The number of carbonyl (C=O) groups is 1. The number of nitrogens with zero attached hydrogens (tertiary/aromatic N) is 1. The molecule has 0 saturated carbocycles. The van der Waals surface area contributed by atoms with E-state index >= 15 is 0 Å². The smallest absolute Gasteiger partial charge is 0.226 e. The summed E-state index contributed by atoms with van der Waals surface area (Å²) in [6.45, 7) is 12.4. The molecule has 3 heteroatoms. The third kappa shape index (κ3) is 5.07. The van der Waals surface area contributed by atoms with Crippen molar-refractivity contribution in [1.82, 2.24) is 10.2 Å². The largest absolute Gasteiger partial charge is 0.342 e. The number of hydrogen-bond donors (Lipinski definition) is 1. The van der Waals surface area contributed by atoms with Gasteiger partial charge in [0.2, 0.25) is 5.91 Å². The summed E-state index contributed by atoms with van der Waals surface area (Å²) in [6.07, 6.45) is 2.19. The molecule has 1 atom stereocenters. The molecule has 0 unspecified atom stereocenters. The quantitative estimate of drug-likeness (QED) is 0.798.